The molecule has 4 heterocycles. The Kier molecular flexibility index (Phi) is 3.09. The van der Waals surface area contributed by atoms with E-state index in [9.17, 15) is 0 Å². The number of rotatable bonds is 0. The van der Waals surface area contributed by atoms with E-state index < -0.39 is 0 Å². The monoisotopic (exact) mass is 468 g/mol. The molecule has 158 valence electrons. The van der Waals surface area contributed by atoms with E-state index in [0.717, 1.165) is 0 Å². The molecule has 0 spiro atoms. The molecule has 9 aromatic rings. The lowest BCUT2D eigenvalue weighted by Crippen LogP contribution is -1.90. The number of aromatic nitrogens is 2. The van der Waals surface area contributed by atoms with E-state index in [4.69, 9.17) is 0 Å². The van der Waals surface area contributed by atoms with Crippen LogP contribution in [0.4, 0.5) is 0 Å². The summed E-state index contributed by atoms with van der Waals surface area (Å²) in [6, 6.07) is 35.5. The van der Waals surface area contributed by atoms with Gasteiger partial charge in [0.25, 0.3) is 0 Å². The zero-order chi connectivity index (χ0) is 22.0. The van der Waals surface area contributed by atoms with Crippen molar-refractivity contribution in [1.29, 1.82) is 0 Å². The summed E-state index contributed by atoms with van der Waals surface area (Å²) < 4.78 is 10.4. The summed E-state index contributed by atoms with van der Waals surface area (Å²) in [5.74, 6) is 0. The van der Waals surface area contributed by atoms with Crippen LogP contribution in [0.1, 0.15) is 0 Å². The van der Waals surface area contributed by atoms with Crippen molar-refractivity contribution in [3.05, 3.63) is 97.1 Å². The van der Waals surface area contributed by atoms with Crippen LogP contribution in [0.5, 0.6) is 0 Å². The molecule has 0 N–H and O–H groups in total. The van der Waals surface area contributed by atoms with E-state index in [-0.39, 0.29) is 0 Å². The van der Waals surface area contributed by atoms with Crippen LogP contribution in [0.3, 0.4) is 0 Å². The zero-order valence-corrected chi connectivity index (χ0v) is 19.6. The van der Waals surface area contributed by atoms with Gasteiger partial charge < -0.3 is 8.80 Å². The van der Waals surface area contributed by atoms with Gasteiger partial charge in [0.15, 0.2) is 0 Å². The normalized spacial score (nSPS) is 12.7. The number of hydrogen-bond donors (Lipinski definition) is 0. The fourth-order valence-electron chi connectivity index (χ4n) is 5.98. The molecule has 0 aliphatic heterocycles. The zero-order valence-electron chi connectivity index (χ0n) is 17.9. The van der Waals surface area contributed by atoms with E-state index in [0.29, 0.717) is 0 Å². The highest BCUT2D eigenvalue weighted by Gasteiger charge is 2.24. The maximum Gasteiger partial charge on any atom is 0.0736 e. The number of benzene rings is 5. The first-order valence-electron chi connectivity index (χ1n) is 11.5. The van der Waals surface area contributed by atoms with Crippen molar-refractivity contribution >= 4 is 96.1 Å². The van der Waals surface area contributed by atoms with Crippen molar-refractivity contribution in [2.75, 3.05) is 0 Å². The molecule has 0 atom stereocenters. The highest BCUT2D eigenvalue weighted by Crippen LogP contribution is 2.50. The van der Waals surface area contributed by atoms with E-state index in [1.165, 1.54) is 73.4 Å². The standard InChI is InChI=1S/C30H16N2S2/c1-3-11-19-17(9-1)25-27-30(34-23-15-7-5-13-21(23)31(19)27)26-18-10-2-4-12-20(18)32-22-14-6-8-16-24(22)33-29(25)28(26)32/h1-16H. The lowest BCUT2D eigenvalue weighted by atomic mass is 10.1. The van der Waals surface area contributed by atoms with Crippen LogP contribution in [0.15, 0.2) is 97.1 Å². The Hall–Kier alpha value is -3.86. The molecule has 0 saturated carbocycles. The molecular formula is C30H16N2S2. The first-order chi connectivity index (χ1) is 16.9. The summed E-state index contributed by atoms with van der Waals surface area (Å²) in [6.07, 6.45) is 0. The van der Waals surface area contributed by atoms with Gasteiger partial charge in [-0.05, 0) is 36.4 Å². The van der Waals surface area contributed by atoms with Gasteiger partial charge in [0.2, 0.25) is 0 Å². The molecule has 0 aliphatic rings. The molecule has 2 nitrogen and oxygen atoms in total. The van der Waals surface area contributed by atoms with Gasteiger partial charge >= 0.3 is 0 Å². The van der Waals surface area contributed by atoms with Crippen LogP contribution in [-0.4, -0.2) is 8.80 Å². The maximum absolute atomic E-state index is 2.51. The predicted octanol–water partition coefficient (Wildman–Crippen LogP) is 9.23. The summed E-state index contributed by atoms with van der Waals surface area (Å²) in [6.45, 7) is 0. The van der Waals surface area contributed by atoms with E-state index in [1.807, 2.05) is 22.7 Å². The Balaban J connectivity index is 1.80. The van der Waals surface area contributed by atoms with E-state index in [2.05, 4.69) is 106 Å². The summed E-state index contributed by atoms with van der Waals surface area (Å²) in [5.41, 5.74) is 7.83. The number of para-hydroxylation sites is 4. The fraction of sp³-hybridized carbons (Fsp3) is 0. The Morgan fingerprint density at radius 1 is 0.412 bits per heavy atom. The molecule has 9 rings (SSSR count). The third-order valence-electron chi connectivity index (χ3n) is 7.27. The maximum atomic E-state index is 2.51. The van der Waals surface area contributed by atoms with Crippen LogP contribution >= 0.6 is 22.7 Å². The lowest BCUT2D eigenvalue weighted by molar-refractivity contribution is 1.35. The van der Waals surface area contributed by atoms with Gasteiger partial charge in [-0.25, -0.2) is 0 Å². The van der Waals surface area contributed by atoms with Crippen LogP contribution in [0.25, 0.3) is 73.4 Å². The highest BCUT2D eigenvalue weighted by atomic mass is 32.1. The predicted molar refractivity (Wildman–Crippen MR) is 149 cm³/mol. The molecule has 4 aromatic heterocycles. The topological polar surface area (TPSA) is 8.82 Å². The molecule has 0 amide bonds. The molecule has 4 heteroatoms. The average molecular weight is 469 g/mol. The molecule has 0 aliphatic carbocycles. The number of hydrogen-bond acceptors (Lipinski definition) is 2. The molecule has 0 saturated heterocycles. The van der Waals surface area contributed by atoms with E-state index >= 15 is 0 Å². The highest BCUT2D eigenvalue weighted by molar-refractivity contribution is 7.27. The Morgan fingerprint density at radius 3 is 1.26 bits per heavy atom. The van der Waals surface area contributed by atoms with Gasteiger partial charge in [-0.3, -0.25) is 0 Å². The van der Waals surface area contributed by atoms with Crippen LogP contribution in [-0.2, 0) is 0 Å². The van der Waals surface area contributed by atoms with Crippen LogP contribution < -0.4 is 0 Å². The molecule has 5 aromatic carbocycles. The van der Waals surface area contributed by atoms with Crippen molar-refractivity contribution in [2.45, 2.75) is 0 Å². The molecule has 0 radical (unpaired) electrons. The van der Waals surface area contributed by atoms with Crippen molar-refractivity contribution in [1.82, 2.24) is 8.80 Å². The Labute approximate surface area is 201 Å². The Morgan fingerprint density at radius 2 is 0.794 bits per heavy atom. The second-order valence-electron chi connectivity index (χ2n) is 8.95. The first kappa shape index (κ1) is 17.6. The molecule has 0 bridgehead atoms. The van der Waals surface area contributed by atoms with Crippen LogP contribution in [0, 0.1) is 0 Å². The number of fused-ring (bicyclic) bond motifs is 12. The third kappa shape index (κ3) is 1.91. The van der Waals surface area contributed by atoms with Crippen LogP contribution in [0.2, 0.25) is 0 Å². The summed E-state index contributed by atoms with van der Waals surface area (Å²) in [4.78, 5) is 0. The molecule has 0 fully saturated rings. The number of nitrogens with zero attached hydrogens (tertiary/aromatic N) is 2. The van der Waals surface area contributed by atoms with Crippen molar-refractivity contribution in [3.63, 3.8) is 0 Å². The smallest absolute Gasteiger partial charge is 0.0736 e. The third-order valence-corrected chi connectivity index (χ3v) is 9.60. The second-order valence-corrected chi connectivity index (χ2v) is 11.1. The first-order valence-corrected chi connectivity index (χ1v) is 13.1. The quantitative estimate of drug-likeness (QED) is 0.196. The fourth-order valence-corrected chi connectivity index (χ4v) is 8.44. The van der Waals surface area contributed by atoms with Crippen molar-refractivity contribution < 1.29 is 0 Å². The van der Waals surface area contributed by atoms with Gasteiger partial charge in [-0.1, -0.05) is 60.7 Å². The summed E-state index contributed by atoms with van der Waals surface area (Å²) in [7, 11) is 0. The molecular weight excluding hydrogens is 452 g/mol. The van der Waals surface area contributed by atoms with Gasteiger partial charge in [0.1, 0.15) is 0 Å². The van der Waals surface area contributed by atoms with E-state index in [1.54, 1.807) is 0 Å². The van der Waals surface area contributed by atoms with Gasteiger partial charge in [-0.2, -0.15) is 0 Å². The van der Waals surface area contributed by atoms with Gasteiger partial charge in [0.05, 0.1) is 51.9 Å². The van der Waals surface area contributed by atoms with Gasteiger partial charge in [0, 0.05) is 21.5 Å². The Bertz CT molecular complexity index is 2120. The minimum absolute atomic E-state index is 1.28. The summed E-state index contributed by atoms with van der Waals surface area (Å²) >= 11 is 3.86. The minimum atomic E-state index is 1.28. The molecule has 34 heavy (non-hydrogen) atoms. The minimum Gasteiger partial charge on any atom is -0.306 e. The summed E-state index contributed by atoms with van der Waals surface area (Å²) in [5, 5.41) is 5.42. The SMILES string of the molecule is c1ccc2c(c1)sc1c3c4ccccc4n4c5ccccc5sc(c5c6ccccc6n2c15)c34. The lowest BCUT2D eigenvalue weighted by Gasteiger charge is -2.11. The second kappa shape index (κ2) is 5.98. The van der Waals surface area contributed by atoms with Crippen molar-refractivity contribution in [2.24, 2.45) is 0 Å². The van der Waals surface area contributed by atoms with Gasteiger partial charge in [-0.15, -0.1) is 22.7 Å². The van der Waals surface area contributed by atoms with Crippen molar-refractivity contribution in [3.8, 4) is 0 Å². The largest absolute Gasteiger partial charge is 0.306 e. The molecule has 0 unspecified atom stereocenters. The average Bonchev–Trinajstić information content (AvgIpc) is 3.43.